The van der Waals surface area contributed by atoms with E-state index in [4.69, 9.17) is 16.3 Å². The summed E-state index contributed by atoms with van der Waals surface area (Å²) in [5, 5.41) is 0.445. The summed E-state index contributed by atoms with van der Waals surface area (Å²) in [7, 11) is -1.93. The van der Waals surface area contributed by atoms with Crippen molar-refractivity contribution in [3.63, 3.8) is 0 Å². The van der Waals surface area contributed by atoms with Crippen LogP contribution in [0.3, 0.4) is 0 Å². The molecule has 0 amide bonds. The molecule has 0 saturated carbocycles. The lowest BCUT2D eigenvalue weighted by Crippen LogP contribution is -2.30. The molecule has 0 spiro atoms. The first kappa shape index (κ1) is 17.9. The van der Waals surface area contributed by atoms with Gasteiger partial charge in [0.15, 0.2) is 0 Å². The van der Waals surface area contributed by atoms with Gasteiger partial charge in [-0.25, -0.2) is 13.1 Å². The van der Waals surface area contributed by atoms with E-state index >= 15 is 0 Å². The highest BCUT2D eigenvalue weighted by molar-refractivity contribution is 7.88. The summed E-state index contributed by atoms with van der Waals surface area (Å²) in [4.78, 5) is 0. The fourth-order valence-electron chi connectivity index (χ4n) is 2.34. The van der Waals surface area contributed by atoms with E-state index in [2.05, 4.69) is 4.72 Å². The van der Waals surface area contributed by atoms with Crippen LogP contribution in [-0.2, 0) is 20.5 Å². The van der Waals surface area contributed by atoms with Crippen molar-refractivity contribution in [3.05, 3.63) is 70.2 Å². The average Bonchev–Trinajstić information content (AvgIpc) is 2.51. The van der Waals surface area contributed by atoms with Crippen molar-refractivity contribution in [2.24, 2.45) is 0 Å². The molecule has 2 aromatic rings. The minimum atomic E-state index is -3.50. The molecule has 4 nitrogen and oxygen atoms in total. The number of hydrogen-bond donors (Lipinski definition) is 1. The van der Waals surface area contributed by atoms with E-state index in [1.807, 2.05) is 31.2 Å². The molecule has 1 N–H and O–H groups in total. The van der Waals surface area contributed by atoms with Crippen molar-refractivity contribution in [1.29, 1.82) is 0 Å². The summed E-state index contributed by atoms with van der Waals surface area (Å²) in [6.45, 7) is 2.15. The summed E-state index contributed by atoms with van der Waals surface area (Å²) in [5.74, 6) is -0.156. The second-order valence-electron chi connectivity index (χ2n) is 5.28. The van der Waals surface area contributed by atoms with Gasteiger partial charge in [-0.05, 0) is 29.7 Å². The van der Waals surface area contributed by atoms with E-state index < -0.39 is 10.0 Å². The van der Waals surface area contributed by atoms with Gasteiger partial charge in [0.05, 0.1) is 11.9 Å². The van der Waals surface area contributed by atoms with Crippen LogP contribution >= 0.6 is 11.6 Å². The Labute approximate surface area is 142 Å². The molecule has 1 atom stereocenters. The van der Waals surface area contributed by atoms with Gasteiger partial charge in [-0.1, -0.05) is 54.1 Å². The Hall–Kier alpha value is -1.40. The third kappa shape index (κ3) is 5.04. The Balaban J connectivity index is 2.06. The number of sulfonamides is 1. The van der Waals surface area contributed by atoms with Gasteiger partial charge in [-0.3, -0.25) is 0 Å². The van der Waals surface area contributed by atoms with Crippen LogP contribution in [0.2, 0.25) is 5.02 Å². The lowest BCUT2D eigenvalue weighted by Gasteiger charge is -2.18. The molecule has 6 heteroatoms. The van der Waals surface area contributed by atoms with Gasteiger partial charge in [-0.2, -0.15) is 0 Å². The third-order valence-electron chi connectivity index (χ3n) is 3.61. The Morgan fingerprint density at radius 1 is 1.13 bits per heavy atom. The Morgan fingerprint density at radius 3 is 2.43 bits per heavy atom. The molecule has 0 aliphatic carbocycles. The number of benzene rings is 2. The van der Waals surface area contributed by atoms with Crippen molar-refractivity contribution < 1.29 is 13.2 Å². The number of aryl methyl sites for hydroxylation is 1. The number of nitrogens with one attached hydrogen (secondary N) is 1. The maximum absolute atomic E-state index is 12.3. The van der Waals surface area contributed by atoms with Crippen LogP contribution in [0.1, 0.15) is 22.8 Å². The first-order valence-electron chi connectivity index (χ1n) is 7.22. The third-order valence-corrected chi connectivity index (χ3v) is 5.28. The SMILES string of the molecule is CO[C@@H](CNS(=O)(=O)Cc1ccccc1Cl)c1ccccc1C. The molecular formula is C17H20ClNO3S. The van der Waals surface area contributed by atoms with E-state index in [0.717, 1.165) is 11.1 Å². The second-order valence-corrected chi connectivity index (χ2v) is 7.49. The molecule has 2 aromatic carbocycles. The molecular weight excluding hydrogens is 334 g/mol. The first-order chi connectivity index (χ1) is 10.9. The van der Waals surface area contributed by atoms with E-state index in [1.165, 1.54) is 0 Å². The highest BCUT2D eigenvalue weighted by Gasteiger charge is 2.18. The number of rotatable bonds is 7. The monoisotopic (exact) mass is 353 g/mol. The predicted octanol–water partition coefficient (Wildman–Crippen LogP) is 3.46. The maximum Gasteiger partial charge on any atom is 0.215 e. The van der Waals surface area contributed by atoms with Crippen LogP contribution < -0.4 is 4.72 Å². The zero-order valence-electron chi connectivity index (χ0n) is 13.1. The first-order valence-corrected chi connectivity index (χ1v) is 9.25. The van der Waals surface area contributed by atoms with Crippen LogP contribution in [0.15, 0.2) is 48.5 Å². The zero-order valence-corrected chi connectivity index (χ0v) is 14.7. The van der Waals surface area contributed by atoms with E-state index in [0.29, 0.717) is 10.6 Å². The van der Waals surface area contributed by atoms with E-state index in [1.54, 1.807) is 31.4 Å². The summed E-state index contributed by atoms with van der Waals surface area (Å²) in [6, 6.07) is 14.7. The lowest BCUT2D eigenvalue weighted by atomic mass is 10.0. The number of halogens is 1. The minimum Gasteiger partial charge on any atom is -0.375 e. The number of methoxy groups -OCH3 is 1. The molecule has 0 radical (unpaired) electrons. The predicted molar refractivity (Wildman–Crippen MR) is 93.0 cm³/mol. The van der Waals surface area contributed by atoms with Gasteiger partial charge in [0.25, 0.3) is 0 Å². The minimum absolute atomic E-state index is 0.156. The molecule has 0 saturated heterocycles. The van der Waals surface area contributed by atoms with Crippen LogP contribution in [0.5, 0.6) is 0 Å². The number of ether oxygens (including phenoxy) is 1. The molecule has 2 rings (SSSR count). The molecule has 23 heavy (non-hydrogen) atoms. The van der Waals surface area contributed by atoms with Gasteiger partial charge in [0.1, 0.15) is 0 Å². The zero-order chi connectivity index (χ0) is 16.9. The van der Waals surface area contributed by atoms with Crippen molar-refractivity contribution >= 4 is 21.6 Å². The molecule has 0 fully saturated rings. The lowest BCUT2D eigenvalue weighted by molar-refractivity contribution is 0.107. The number of hydrogen-bond acceptors (Lipinski definition) is 3. The van der Waals surface area contributed by atoms with Crippen LogP contribution in [0.4, 0.5) is 0 Å². The van der Waals surface area contributed by atoms with Gasteiger partial charge in [0.2, 0.25) is 10.0 Å². The van der Waals surface area contributed by atoms with Crippen molar-refractivity contribution in [3.8, 4) is 0 Å². The Kier molecular flexibility index (Phi) is 6.18. The highest BCUT2D eigenvalue weighted by atomic mass is 35.5. The topological polar surface area (TPSA) is 55.4 Å². The summed E-state index contributed by atoms with van der Waals surface area (Å²) < 4.78 is 32.6. The molecule has 0 aliphatic heterocycles. The van der Waals surface area contributed by atoms with Gasteiger partial charge in [0, 0.05) is 18.7 Å². The van der Waals surface area contributed by atoms with E-state index in [-0.39, 0.29) is 18.4 Å². The van der Waals surface area contributed by atoms with Crippen LogP contribution in [0.25, 0.3) is 0 Å². The van der Waals surface area contributed by atoms with Crippen molar-refractivity contribution in [2.75, 3.05) is 13.7 Å². The Bertz CT molecular complexity index is 762. The molecule has 0 aliphatic rings. The van der Waals surface area contributed by atoms with Crippen molar-refractivity contribution in [2.45, 2.75) is 18.8 Å². The molecule has 0 unspecified atom stereocenters. The smallest absolute Gasteiger partial charge is 0.215 e. The summed E-state index contributed by atoms with van der Waals surface area (Å²) in [5.41, 5.74) is 2.60. The molecule has 0 bridgehead atoms. The summed E-state index contributed by atoms with van der Waals surface area (Å²) in [6.07, 6.45) is -0.336. The maximum atomic E-state index is 12.3. The molecule has 0 aromatic heterocycles. The van der Waals surface area contributed by atoms with Crippen molar-refractivity contribution in [1.82, 2.24) is 4.72 Å². The fourth-order valence-corrected chi connectivity index (χ4v) is 3.79. The highest BCUT2D eigenvalue weighted by Crippen LogP contribution is 2.21. The standard InChI is InChI=1S/C17H20ClNO3S/c1-13-7-3-5-9-15(13)17(22-2)11-19-23(20,21)12-14-8-4-6-10-16(14)18/h3-10,17,19H,11-12H2,1-2H3/t17-/m0/s1. The normalized spacial score (nSPS) is 13.0. The molecule has 0 heterocycles. The largest absolute Gasteiger partial charge is 0.375 e. The van der Waals surface area contributed by atoms with Gasteiger partial charge >= 0.3 is 0 Å². The quantitative estimate of drug-likeness (QED) is 0.829. The van der Waals surface area contributed by atoms with Crippen LogP contribution in [0, 0.1) is 6.92 Å². The average molecular weight is 354 g/mol. The van der Waals surface area contributed by atoms with Crippen LogP contribution in [-0.4, -0.2) is 22.1 Å². The molecule has 124 valence electrons. The second kappa shape index (κ2) is 7.93. The summed E-state index contributed by atoms with van der Waals surface area (Å²) >= 11 is 6.02. The fraction of sp³-hybridized carbons (Fsp3) is 0.294. The van der Waals surface area contributed by atoms with E-state index in [9.17, 15) is 8.42 Å². The van der Waals surface area contributed by atoms with Gasteiger partial charge in [-0.15, -0.1) is 0 Å². The van der Waals surface area contributed by atoms with Gasteiger partial charge < -0.3 is 4.74 Å². The Morgan fingerprint density at radius 2 is 1.78 bits per heavy atom.